The Labute approximate surface area is 176 Å². The lowest BCUT2D eigenvalue weighted by Crippen LogP contribution is -2.47. The number of furan rings is 1. The molecule has 3 rings (SSSR count). The van der Waals surface area contributed by atoms with Gasteiger partial charge in [-0.3, -0.25) is 14.5 Å². The molecule has 8 nitrogen and oxygen atoms in total. The predicted molar refractivity (Wildman–Crippen MR) is 112 cm³/mol. The Morgan fingerprint density at radius 3 is 2.47 bits per heavy atom. The average molecular weight is 434 g/mol. The van der Waals surface area contributed by atoms with Crippen molar-refractivity contribution in [2.45, 2.75) is 51.6 Å². The number of nitrogens with zero attached hydrogens (tertiary/aromatic N) is 2. The van der Waals surface area contributed by atoms with Gasteiger partial charge in [-0.15, -0.1) is 0 Å². The average Bonchev–Trinajstić information content (AvgIpc) is 3.29. The van der Waals surface area contributed by atoms with Crippen molar-refractivity contribution >= 4 is 27.5 Å². The molecule has 1 unspecified atom stereocenters. The fraction of sp³-hybridized carbons (Fsp3) is 0.429. The SMILES string of the molecule is CCN(CC)S(=O)(=O)c1ccc2c(c1)CC(C(=O)NCc1ccc(C)o1)N2C(C)=O. The molecular formula is C21H27N3O5S. The van der Waals surface area contributed by atoms with E-state index < -0.39 is 16.1 Å². The number of hydrogen-bond donors (Lipinski definition) is 1. The van der Waals surface area contributed by atoms with Crippen LogP contribution < -0.4 is 10.2 Å². The quantitative estimate of drug-likeness (QED) is 0.722. The van der Waals surface area contributed by atoms with Crippen LogP contribution in [-0.2, 0) is 32.6 Å². The number of carbonyl (C=O) groups excluding carboxylic acids is 2. The highest BCUT2D eigenvalue weighted by Crippen LogP contribution is 2.35. The molecule has 0 fully saturated rings. The molecule has 162 valence electrons. The summed E-state index contributed by atoms with van der Waals surface area (Å²) in [5.74, 6) is 0.781. The monoisotopic (exact) mass is 433 g/mol. The number of hydrogen-bond acceptors (Lipinski definition) is 5. The third-order valence-electron chi connectivity index (χ3n) is 5.25. The van der Waals surface area contributed by atoms with E-state index in [2.05, 4.69) is 5.32 Å². The molecule has 0 bridgehead atoms. The summed E-state index contributed by atoms with van der Waals surface area (Å²) in [4.78, 5) is 26.7. The molecule has 1 aromatic heterocycles. The number of fused-ring (bicyclic) bond motifs is 1. The molecule has 1 atom stereocenters. The summed E-state index contributed by atoms with van der Waals surface area (Å²) in [6.07, 6.45) is 0.250. The Kier molecular flexibility index (Phi) is 6.33. The summed E-state index contributed by atoms with van der Waals surface area (Å²) in [6, 6.07) is 7.53. The number of carbonyl (C=O) groups is 2. The Hall–Kier alpha value is -2.65. The minimum absolute atomic E-state index is 0.167. The first-order valence-electron chi connectivity index (χ1n) is 9.94. The van der Waals surface area contributed by atoms with Gasteiger partial charge in [0.05, 0.1) is 11.4 Å². The lowest BCUT2D eigenvalue weighted by atomic mass is 10.1. The Balaban J connectivity index is 1.85. The van der Waals surface area contributed by atoms with E-state index in [0.717, 1.165) is 5.76 Å². The number of nitrogens with one attached hydrogen (secondary N) is 1. The van der Waals surface area contributed by atoms with Crippen LogP contribution in [0.25, 0.3) is 0 Å². The van der Waals surface area contributed by atoms with Gasteiger partial charge in [-0.05, 0) is 42.8 Å². The number of anilines is 1. The van der Waals surface area contributed by atoms with Crippen LogP contribution in [0.5, 0.6) is 0 Å². The normalized spacial score (nSPS) is 16.0. The smallest absolute Gasteiger partial charge is 0.243 e. The number of amides is 2. The van der Waals surface area contributed by atoms with E-state index in [4.69, 9.17) is 4.42 Å². The van der Waals surface area contributed by atoms with Crippen LogP contribution in [0.2, 0.25) is 0 Å². The van der Waals surface area contributed by atoms with E-state index in [1.165, 1.54) is 22.2 Å². The highest BCUT2D eigenvalue weighted by molar-refractivity contribution is 7.89. The molecule has 30 heavy (non-hydrogen) atoms. The molecule has 1 aliphatic rings. The lowest BCUT2D eigenvalue weighted by molar-refractivity contribution is -0.125. The van der Waals surface area contributed by atoms with Gasteiger partial charge >= 0.3 is 0 Å². The minimum atomic E-state index is -3.63. The van der Waals surface area contributed by atoms with Gasteiger partial charge in [-0.25, -0.2) is 8.42 Å². The molecular weight excluding hydrogens is 406 g/mol. The lowest BCUT2D eigenvalue weighted by Gasteiger charge is -2.23. The van der Waals surface area contributed by atoms with Gasteiger partial charge in [0.25, 0.3) is 0 Å². The van der Waals surface area contributed by atoms with Gasteiger partial charge in [0.15, 0.2) is 0 Å². The molecule has 0 saturated carbocycles. The first kappa shape index (κ1) is 22.0. The number of benzene rings is 1. The van der Waals surface area contributed by atoms with Crippen molar-refractivity contribution in [1.82, 2.24) is 9.62 Å². The largest absolute Gasteiger partial charge is 0.465 e. The Morgan fingerprint density at radius 1 is 1.20 bits per heavy atom. The molecule has 0 radical (unpaired) electrons. The second-order valence-corrected chi connectivity index (χ2v) is 9.16. The molecule has 0 spiro atoms. The zero-order valence-electron chi connectivity index (χ0n) is 17.6. The highest BCUT2D eigenvalue weighted by atomic mass is 32.2. The van der Waals surface area contributed by atoms with Gasteiger partial charge < -0.3 is 9.73 Å². The van der Waals surface area contributed by atoms with E-state index in [9.17, 15) is 18.0 Å². The fourth-order valence-corrected chi connectivity index (χ4v) is 5.28. The van der Waals surface area contributed by atoms with Crippen LogP contribution >= 0.6 is 0 Å². The maximum Gasteiger partial charge on any atom is 0.243 e. The van der Waals surface area contributed by atoms with Crippen molar-refractivity contribution in [3.63, 3.8) is 0 Å². The van der Waals surface area contributed by atoms with Crippen molar-refractivity contribution in [3.8, 4) is 0 Å². The van der Waals surface area contributed by atoms with Crippen molar-refractivity contribution in [1.29, 1.82) is 0 Å². The highest BCUT2D eigenvalue weighted by Gasteiger charge is 2.38. The summed E-state index contributed by atoms with van der Waals surface area (Å²) in [5.41, 5.74) is 1.22. The molecule has 2 amide bonds. The van der Waals surface area contributed by atoms with Crippen LogP contribution in [0.3, 0.4) is 0 Å². The molecule has 1 aromatic carbocycles. The van der Waals surface area contributed by atoms with E-state index in [1.54, 1.807) is 32.0 Å². The zero-order valence-corrected chi connectivity index (χ0v) is 18.5. The van der Waals surface area contributed by atoms with Crippen LogP contribution in [0.4, 0.5) is 5.69 Å². The summed E-state index contributed by atoms with van der Waals surface area (Å²) in [6.45, 7) is 7.73. The van der Waals surface area contributed by atoms with Crippen LogP contribution in [-0.4, -0.2) is 43.7 Å². The Morgan fingerprint density at radius 2 is 1.90 bits per heavy atom. The maximum absolute atomic E-state index is 12.8. The molecule has 0 aliphatic carbocycles. The van der Waals surface area contributed by atoms with Crippen molar-refractivity contribution < 1.29 is 22.4 Å². The second kappa shape index (κ2) is 8.61. The van der Waals surface area contributed by atoms with Crippen LogP contribution in [0, 0.1) is 6.92 Å². The standard InChI is InChI=1S/C21H27N3O5S/c1-5-23(6-2)30(27,28)18-9-10-19-16(11-18)12-20(24(19)15(4)25)21(26)22-13-17-8-7-14(3)29-17/h7-11,20H,5-6,12-13H2,1-4H3,(H,22,26). The van der Waals surface area contributed by atoms with Crippen molar-refractivity contribution in [2.24, 2.45) is 0 Å². The van der Waals surface area contributed by atoms with Crippen molar-refractivity contribution in [3.05, 3.63) is 47.4 Å². The van der Waals surface area contributed by atoms with Gasteiger partial charge in [0.1, 0.15) is 17.6 Å². The second-order valence-electron chi connectivity index (χ2n) is 7.22. The third-order valence-corrected chi connectivity index (χ3v) is 7.30. The van der Waals surface area contributed by atoms with Crippen LogP contribution in [0.1, 0.15) is 37.9 Å². The molecule has 0 saturated heterocycles. The first-order valence-corrected chi connectivity index (χ1v) is 11.4. The van der Waals surface area contributed by atoms with E-state index in [1.807, 2.05) is 13.0 Å². The van der Waals surface area contributed by atoms with Crippen LogP contribution in [0.15, 0.2) is 39.6 Å². The number of aryl methyl sites for hydroxylation is 1. The molecule has 9 heteroatoms. The van der Waals surface area contributed by atoms with Gasteiger partial charge in [0, 0.05) is 32.1 Å². The summed E-state index contributed by atoms with van der Waals surface area (Å²) in [5, 5.41) is 2.80. The van der Waals surface area contributed by atoms with Gasteiger partial charge in [-0.1, -0.05) is 13.8 Å². The van der Waals surface area contributed by atoms with E-state index in [-0.39, 0.29) is 29.7 Å². The number of rotatable bonds is 7. The van der Waals surface area contributed by atoms with Gasteiger partial charge in [0.2, 0.25) is 21.8 Å². The molecule has 2 heterocycles. The maximum atomic E-state index is 12.8. The van der Waals surface area contributed by atoms with Gasteiger partial charge in [-0.2, -0.15) is 4.31 Å². The molecule has 1 N–H and O–H groups in total. The summed E-state index contributed by atoms with van der Waals surface area (Å²) >= 11 is 0. The molecule has 1 aliphatic heterocycles. The van der Waals surface area contributed by atoms with E-state index >= 15 is 0 Å². The number of sulfonamides is 1. The Bertz CT molecular complexity index is 1060. The molecule has 2 aromatic rings. The van der Waals surface area contributed by atoms with Crippen molar-refractivity contribution in [2.75, 3.05) is 18.0 Å². The third kappa shape index (κ3) is 4.13. The zero-order chi connectivity index (χ0) is 22.1. The summed E-state index contributed by atoms with van der Waals surface area (Å²) in [7, 11) is -3.63. The predicted octanol–water partition coefficient (Wildman–Crippen LogP) is 2.21. The topological polar surface area (TPSA) is 99.9 Å². The summed E-state index contributed by atoms with van der Waals surface area (Å²) < 4.78 is 32.5. The minimum Gasteiger partial charge on any atom is -0.465 e. The van der Waals surface area contributed by atoms with E-state index in [0.29, 0.717) is 30.1 Å². The first-order chi connectivity index (χ1) is 14.2. The fourth-order valence-electron chi connectivity index (χ4n) is 3.77.